The van der Waals surface area contributed by atoms with Crippen molar-refractivity contribution < 1.29 is 54.6 Å². The van der Waals surface area contributed by atoms with Gasteiger partial charge in [-0.2, -0.15) is 21.6 Å². The van der Waals surface area contributed by atoms with Gasteiger partial charge in [-0.25, -0.2) is 9.78 Å². The quantitative estimate of drug-likeness (QED) is 0.0194. The molecule has 4 aromatic rings. The molecule has 0 bridgehead atoms. The second-order valence-corrected chi connectivity index (χ2v) is 15.4. The van der Waals surface area contributed by atoms with E-state index in [9.17, 15) is 46.1 Å². The van der Waals surface area contributed by atoms with Crippen molar-refractivity contribution in [3.63, 3.8) is 0 Å². The molecule has 1 saturated heterocycles. The predicted molar refractivity (Wildman–Crippen MR) is 179 cm³/mol. The highest BCUT2D eigenvalue weighted by Crippen LogP contribution is 2.46. The van der Waals surface area contributed by atoms with Crippen molar-refractivity contribution in [2.75, 3.05) is 6.61 Å². The Labute approximate surface area is 298 Å². The Kier molecular flexibility index (Phi) is 11.4. The molecule has 0 radical (unpaired) electrons. The number of β-lactam (4-membered cyclic amide) rings is 1. The van der Waals surface area contributed by atoms with Crippen LogP contribution < -0.4 is 10.1 Å². The zero-order valence-electron chi connectivity index (χ0n) is 25.8. The normalized spacial score (nSPS) is 16.5. The van der Waals surface area contributed by atoms with Crippen LogP contribution in [0.1, 0.15) is 12.5 Å². The van der Waals surface area contributed by atoms with Gasteiger partial charge in [0.2, 0.25) is 0 Å². The molecule has 51 heavy (non-hydrogen) atoms. The maximum absolute atomic E-state index is 13.6. The van der Waals surface area contributed by atoms with Crippen molar-refractivity contribution in [1.82, 2.24) is 15.2 Å². The molecular weight excluding hydrogens is 762 g/mol. The standard InChI is InChI=1S/C30H23F3N4O10S4/c1-17(47-51(43,44)30(31,32)33)25(28(40)46-15-18-11-13-19(14-12-18)37(41)42)36-26(39)24(35-23(38)16-45-20-7-3-2-4-8-20)27(36)49-50-29-34-21-9-5-6-10-22(21)48-29/h2-14,24,27H,15-16H2,1H3,(H,35,38)/b25-17+/t24-,27-/m1/s1. The lowest BCUT2D eigenvalue weighted by atomic mass is 10.1. The lowest BCUT2D eigenvalue weighted by molar-refractivity contribution is -0.384. The summed E-state index contributed by atoms with van der Waals surface area (Å²) in [5, 5.41) is 12.2. The fourth-order valence-electron chi connectivity index (χ4n) is 4.39. The van der Waals surface area contributed by atoms with Gasteiger partial charge in [-0.3, -0.25) is 24.6 Å². The van der Waals surface area contributed by atoms with E-state index >= 15 is 0 Å². The van der Waals surface area contributed by atoms with Crippen LogP contribution in [0.2, 0.25) is 0 Å². The molecule has 21 heteroatoms. The number of nitro groups is 1. The molecule has 0 aliphatic carbocycles. The average molecular weight is 785 g/mol. The number of nitrogens with zero attached hydrogens (tertiary/aromatic N) is 3. The molecule has 0 unspecified atom stereocenters. The molecule has 0 spiro atoms. The Morgan fingerprint density at radius 3 is 2.37 bits per heavy atom. The Bertz CT molecular complexity index is 2060. The van der Waals surface area contributed by atoms with Gasteiger partial charge in [-0.1, -0.05) is 41.1 Å². The van der Waals surface area contributed by atoms with Crippen LogP contribution in [-0.2, 0) is 40.0 Å². The van der Waals surface area contributed by atoms with Crippen LogP contribution >= 0.6 is 32.9 Å². The van der Waals surface area contributed by atoms with Crippen LogP contribution in [0.3, 0.4) is 0 Å². The van der Waals surface area contributed by atoms with Crippen molar-refractivity contribution in [2.45, 2.75) is 34.8 Å². The summed E-state index contributed by atoms with van der Waals surface area (Å²) < 4.78 is 80.1. The number of allylic oxidation sites excluding steroid dienone is 1. The number of aromatic nitrogens is 1. The van der Waals surface area contributed by atoms with E-state index < -0.39 is 74.4 Å². The van der Waals surface area contributed by atoms with Crippen molar-refractivity contribution in [3.05, 3.63) is 106 Å². The van der Waals surface area contributed by atoms with Crippen LogP contribution in [0, 0.1) is 10.1 Å². The van der Waals surface area contributed by atoms with Crippen LogP contribution in [0.4, 0.5) is 18.9 Å². The molecule has 268 valence electrons. The van der Waals surface area contributed by atoms with E-state index in [0.717, 1.165) is 45.3 Å². The fourth-order valence-corrected chi connectivity index (χ4v) is 8.80. The van der Waals surface area contributed by atoms with Gasteiger partial charge in [0.1, 0.15) is 29.5 Å². The van der Waals surface area contributed by atoms with E-state index in [4.69, 9.17) is 9.47 Å². The maximum Gasteiger partial charge on any atom is 0.534 e. The number of rotatable bonds is 14. The number of halogens is 3. The Morgan fingerprint density at radius 1 is 1.06 bits per heavy atom. The van der Waals surface area contributed by atoms with Crippen LogP contribution in [0.15, 0.2) is 94.7 Å². The third-order valence-electron chi connectivity index (χ3n) is 6.77. The number of ether oxygens (including phenoxy) is 2. The molecule has 3 aromatic carbocycles. The number of hydrogen-bond acceptors (Lipinski definition) is 14. The van der Waals surface area contributed by atoms with Crippen LogP contribution in [0.25, 0.3) is 10.2 Å². The van der Waals surface area contributed by atoms with Gasteiger partial charge >= 0.3 is 21.6 Å². The minimum atomic E-state index is -6.32. The molecule has 1 aliphatic heterocycles. The Morgan fingerprint density at radius 2 is 1.73 bits per heavy atom. The molecule has 5 rings (SSSR count). The second kappa shape index (κ2) is 15.6. The van der Waals surface area contributed by atoms with Gasteiger partial charge in [0.15, 0.2) is 16.6 Å². The van der Waals surface area contributed by atoms with Gasteiger partial charge < -0.3 is 19.0 Å². The minimum absolute atomic E-state index is 0.214. The summed E-state index contributed by atoms with van der Waals surface area (Å²) in [7, 11) is -4.40. The summed E-state index contributed by atoms with van der Waals surface area (Å²) in [6.07, 6.45) is 0. The molecule has 1 aromatic heterocycles. The zero-order chi connectivity index (χ0) is 36.9. The topological polar surface area (TPSA) is 184 Å². The number of para-hydroxylation sites is 2. The number of carbonyl (C=O) groups is 3. The highest BCUT2D eigenvalue weighted by atomic mass is 33.1. The first-order chi connectivity index (χ1) is 24.1. The maximum atomic E-state index is 13.6. The number of amides is 2. The molecule has 2 atom stereocenters. The number of alkyl halides is 3. The lowest BCUT2D eigenvalue weighted by Crippen LogP contribution is -2.69. The number of esters is 1. The number of likely N-dealkylation sites (tertiary alicyclic amines) is 1. The number of nitrogens with one attached hydrogen (secondary N) is 1. The first kappa shape index (κ1) is 37.4. The Hall–Kier alpha value is -4.86. The van der Waals surface area contributed by atoms with Crippen molar-refractivity contribution in [1.29, 1.82) is 0 Å². The molecule has 1 N–H and O–H groups in total. The second-order valence-electron chi connectivity index (χ2n) is 10.3. The molecule has 1 aliphatic rings. The summed E-state index contributed by atoms with van der Waals surface area (Å²) in [4.78, 5) is 55.4. The molecule has 14 nitrogen and oxygen atoms in total. The largest absolute Gasteiger partial charge is 0.534 e. The van der Waals surface area contributed by atoms with Gasteiger partial charge in [-0.15, -0.1) is 11.3 Å². The highest BCUT2D eigenvalue weighted by molar-refractivity contribution is 8.77. The van der Waals surface area contributed by atoms with Crippen LogP contribution in [-0.4, -0.2) is 64.5 Å². The van der Waals surface area contributed by atoms with Crippen molar-refractivity contribution in [2.24, 2.45) is 0 Å². The number of non-ortho nitro benzene ring substituents is 1. The highest BCUT2D eigenvalue weighted by Gasteiger charge is 2.54. The van der Waals surface area contributed by atoms with E-state index in [2.05, 4.69) is 14.5 Å². The van der Waals surface area contributed by atoms with E-state index in [-0.39, 0.29) is 11.3 Å². The first-order valence-corrected chi connectivity index (χ1v) is 18.7. The summed E-state index contributed by atoms with van der Waals surface area (Å²) in [6, 6.07) is 18.8. The van der Waals surface area contributed by atoms with Gasteiger partial charge in [0.05, 0.1) is 15.1 Å². The molecule has 1 fully saturated rings. The number of fused-ring (bicyclic) bond motifs is 1. The SMILES string of the molecule is C/C(OS(=O)(=O)C(F)(F)F)=C(/C(=O)OCc1ccc([N+](=O)[O-])cc1)N1C(=O)[C@@H](NC(=O)COc2ccccc2)[C@H]1SSc1nc2ccccc2s1. The summed E-state index contributed by atoms with van der Waals surface area (Å²) in [5.41, 5.74) is -6.29. The van der Waals surface area contributed by atoms with Gasteiger partial charge in [0.25, 0.3) is 17.5 Å². The van der Waals surface area contributed by atoms with E-state index in [1.807, 2.05) is 6.07 Å². The predicted octanol–water partition coefficient (Wildman–Crippen LogP) is 5.52. The zero-order valence-corrected chi connectivity index (χ0v) is 29.0. The fraction of sp³-hybridized carbons (Fsp3) is 0.200. The summed E-state index contributed by atoms with van der Waals surface area (Å²) >= 11 is 1.28. The molecule has 0 saturated carbocycles. The number of thiazole rings is 1. The average Bonchev–Trinajstić information content (AvgIpc) is 3.51. The van der Waals surface area contributed by atoms with E-state index in [1.165, 1.54) is 23.5 Å². The number of benzene rings is 3. The molecule has 2 amide bonds. The Balaban J connectivity index is 1.44. The minimum Gasteiger partial charge on any atom is -0.484 e. The van der Waals surface area contributed by atoms with Crippen molar-refractivity contribution in [3.8, 4) is 5.75 Å². The number of hydrogen-bond donors (Lipinski definition) is 1. The van der Waals surface area contributed by atoms with Crippen molar-refractivity contribution >= 4 is 76.7 Å². The number of carbonyl (C=O) groups excluding carboxylic acids is 3. The van der Waals surface area contributed by atoms with Gasteiger partial charge in [0, 0.05) is 12.1 Å². The van der Waals surface area contributed by atoms with E-state index in [0.29, 0.717) is 20.5 Å². The molecule has 2 heterocycles. The third kappa shape index (κ3) is 8.90. The third-order valence-corrected chi connectivity index (χ3v) is 11.8. The monoisotopic (exact) mass is 784 g/mol. The summed E-state index contributed by atoms with van der Waals surface area (Å²) in [5.74, 6) is -4.04. The summed E-state index contributed by atoms with van der Waals surface area (Å²) in [6.45, 7) is -0.389. The number of nitro benzene ring substituents is 1. The van der Waals surface area contributed by atoms with E-state index in [1.54, 1.807) is 48.5 Å². The molecular formula is C30H23F3N4O10S4. The van der Waals surface area contributed by atoms with Crippen LogP contribution in [0.5, 0.6) is 5.75 Å². The first-order valence-electron chi connectivity index (χ1n) is 14.3. The lowest BCUT2D eigenvalue weighted by Gasteiger charge is -2.46. The smallest absolute Gasteiger partial charge is 0.484 e. The van der Waals surface area contributed by atoms with Gasteiger partial charge in [-0.05, 0) is 59.7 Å².